The molecule has 11 heteroatoms. The third-order valence-electron chi connectivity index (χ3n) is 10.8. The average Bonchev–Trinajstić information content (AvgIpc) is 3.36. The van der Waals surface area contributed by atoms with Crippen LogP contribution in [0.5, 0.6) is 5.75 Å². The van der Waals surface area contributed by atoms with Gasteiger partial charge in [-0.1, -0.05) is 38.4 Å². The Morgan fingerprint density at radius 1 is 1.22 bits per heavy atom. The predicted octanol–water partition coefficient (Wildman–Crippen LogP) is 4.44. The van der Waals surface area contributed by atoms with E-state index in [9.17, 15) is 24.9 Å². The van der Waals surface area contributed by atoms with E-state index in [0.717, 1.165) is 6.42 Å². The maximum absolute atomic E-state index is 14.1. The highest BCUT2D eigenvalue weighted by Gasteiger charge is 2.57. The first-order valence-electron chi connectivity index (χ1n) is 15.6. The number of hydrogen-bond donors (Lipinski definition) is 4. The number of anilines is 1. The van der Waals surface area contributed by atoms with Gasteiger partial charge in [0.2, 0.25) is 5.91 Å². The van der Waals surface area contributed by atoms with Crippen molar-refractivity contribution >= 4 is 29.2 Å². The van der Waals surface area contributed by atoms with Crippen LogP contribution in [-0.4, -0.2) is 84.4 Å². The molecule has 8 atom stereocenters. The number of carboxylic acids is 1. The molecule has 246 valence electrons. The normalized spacial score (nSPS) is 29.5. The SMILES string of the molecule is COc1c(CN2O[C@@H](CO)[C@@H]([C@H](C)O)[C@H]2C(=O)N[C@H]2C[C@H]3CC([C@@H]2C)C3(C)C)ccc(Cl)c1-c1cc(C(=O)O)cc(N(C)C)c1. The van der Waals surface area contributed by atoms with E-state index in [-0.39, 0.29) is 36.1 Å². The summed E-state index contributed by atoms with van der Waals surface area (Å²) >= 11 is 6.73. The van der Waals surface area contributed by atoms with Crippen molar-refractivity contribution in [1.29, 1.82) is 0 Å². The summed E-state index contributed by atoms with van der Waals surface area (Å²) < 4.78 is 5.89. The van der Waals surface area contributed by atoms with Crippen LogP contribution in [0.4, 0.5) is 5.69 Å². The second-order valence-electron chi connectivity index (χ2n) is 13.8. The van der Waals surface area contributed by atoms with Gasteiger partial charge in [-0.15, -0.1) is 0 Å². The summed E-state index contributed by atoms with van der Waals surface area (Å²) in [5.74, 6) is -0.171. The lowest BCUT2D eigenvalue weighted by Crippen LogP contribution is -2.62. The Morgan fingerprint density at radius 3 is 2.49 bits per heavy atom. The van der Waals surface area contributed by atoms with Crippen LogP contribution in [0.2, 0.25) is 5.02 Å². The number of aliphatic hydroxyl groups is 2. The van der Waals surface area contributed by atoms with Gasteiger partial charge in [0.25, 0.3) is 0 Å². The molecule has 10 nitrogen and oxygen atoms in total. The second-order valence-corrected chi connectivity index (χ2v) is 14.2. The first-order valence-corrected chi connectivity index (χ1v) is 16.0. The maximum atomic E-state index is 14.1. The Hall–Kier alpha value is -2.89. The van der Waals surface area contributed by atoms with E-state index in [4.69, 9.17) is 21.2 Å². The van der Waals surface area contributed by atoms with Crippen LogP contribution in [0.15, 0.2) is 30.3 Å². The quantitative estimate of drug-likeness (QED) is 0.297. The molecule has 0 spiro atoms. The highest BCUT2D eigenvalue weighted by molar-refractivity contribution is 6.33. The van der Waals surface area contributed by atoms with Gasteiger partial charge in [-0.3, -0.25) is 9.63 Å². The van der Waals surface area contributed by atoms with Crippen molar-refractivity contribution in [1.82, 2.24) is 10.4 Å². The first-order chi connectivity index (χ1) is 21.2. The van der Waals surface area contributed by atoms with Crippen LogP contribution in [0.25, 0.3) is 11.1 Å². The van der Waals surface area contributed by atoms with E-state index >= 15 is 0 Å². The molecule has 0 aromatic heterocycles. The standard InChI is InChI=1S/C34H46ClN3O7/c1-17-24-13-22(34(24,3)4)14-26(17)36-32(41)30-28(18(2)40)27(16-39)45-38(30)15-19-8-9-25(35)29(31(19)44-7)20-10-21(33(42)43)12-23(11-20)37(5)6/h8-12,17-18,22,24,26-28,30,39-40H,13-16H2,1-7H3,(H,36,41)(H,42,43)/t17-,18-,22+,24?,26-,27-,28+,30-/m0/s1. The molecule has 1 aliphatic heterocycles. The number of benzene rings is 2. The third kappa shape index (κ3) is 6.03. The molecular formula is C34H46ClN3O7. The number of nitrogens with one attached hydrogen (secondary N) is 1. The second kappa shape index (κ2) is 12.7. The summed E-state index contributed by atoms with van der Waals surface area (Å²) in [6, 6.07) is 7.59. The molecule has 0 radical (unpaired) electrons. The number of methoxy groups -OCH3 is 1. The van der Waals surface area contributed by atoms with E-state index in [2.05, 4.69) is 26.1 Å². The van der Waals surface area contributed by atoms with Gasteiger partial charge in [0.1, 0.15) is 17.9 Å². The molecule has 4 N–H and O–H groups in total. The van der Waals surface area contributed by atoms with Gasteiger partial charge >= 0.3 is 5.97 Å². The lowest BCUT2D eigenvalue weighted by Gasteiger charge is -2.62. The number of carbonyl (C=O) groups is 2. The molecule has 2 bridgehead atoms. The topological polar surface area (TPSA) is 132 Å². The molecule has 45 heavy (non-hydrogen) atoms. The lowest BCUT2D eigenvalue weighted by atomic mass is 9.45. The molecule has 2 aromatic carbocycles. The fourth-order valence-corrected chi connectivity index (χ4v) is 8.28. The van der Waals surface area contributed by atoms with Crippen LogP contribution in [0, 0.1) is 29.1 Å². The highest BCUT2D eigenvalue weighted by Crippen LogP contribution is 2.61. The average molecular weight is 644 g/mol. The zero-order valence-electron chi connectivity index (χ0n) is 27.1. The Balaban J connectivity index is 1.49. The third-order valence-corrected chi connectivity index (χ3v) is 11.1. The molecule has 4 aliphatic rings. The summed E-state index contributed by atoms with van der Waals surface area (Å²) in [6.45, 7) is 8.17. The Kier molecular flexibility index (Phi) is 9.46. The molecule has 1 unspecified atom stereocenters. The summed E-state index contributed by atoms with van der Waals surface area (Å²) in [5.41, 5.74) is 2.75. The van der Waals surface area contributed by atoms with E-state index in [1.165, 1.54) is 18.6 Å². The number of nitrogens with zero attached hydrogens (tertiary/aromatic N) is 2. The van der Waals surface area contributed by atoms with E-state index < -0.39 is 30.1 Å². The first kappa shape index (κ1) is 33.5. The van der Waals surface area contributed by atoms with Crippen LogP contribution in [0.1, 0.15) is 56.5 Å². The molecule has 4 fully saturated rings. The number of hydroxylamine groups is 2. The summed E-state index contributed by atoms with van der Waals surface area (Å²) in [5, 5.41) is 36.0. The number of aliphatic hydroxyl groups excluding tert-OH is 2. The molecule has 6 rings (SSSR count). The number of carbonyl (C=O) groups excluding carboxylic acids is 1. The monoisotopic (exact) mass is 643 g/mol. The van der Waals surface area contributed by atoms with Crippen molar-refractivity contribution in [2.24, 2.45) is 29.1 Å². The smallest absolute Gasteiger partial charge is 0.335 e. The molecule has 1 heterocycles. The van der Waals surface area contributed by atoms with Gasteiger partial charge in [-0.05, 0) is 72.8 Å². The molecule has 3 saturated carbocycles. The molecule has 1 saturated heterocycles. The minimum Gasteiger partial charge on any atom is -0.496 e. The number of halogens is 1. The lowest BCUT2D eigenvalue weighted by molar-refractivity contribution is -0.183. The van der Waals surface area contributed by atoms with Crippen LogP contribution in [0.3, 0.4) is 0 Å². The predicted molar refractivity (Wildman–Crippen MR) is 172 cm³/mol. The Bertz CT molecular complexity index is 1450. The van der Waals surface area contributed by atoms with Crippen molar-refractivity contribution in [2.75, 3.05) is 32.7 Å². The number of carboxylic acid groups (broad SMARTS) is 1. The number of aromatic carboxylic acids is 1. The minimum absolute atomic E-state index is 0.0167. The van der Waals surface area contributed by atoms with E-state index in [1.54, 1.807) is 31.2 Å². The Morgan fingerprint density at radius 2 is 1.93 bits per heavy atom. The van der Waals surface area contributed by atoms with Gasteiger partial charge in [-0.25, -0.2) is 4.79 Å². The number of fused-ring (bicyclic) bond motifs is 2. The fraction of sp³-hybridized carbons (Fsp3) is 0.588. The molecule has 1 amide bonds. The van der Waals surface area contributed by atoms with Crippen LogP contribution >= 0.6 is 11.6 Å². The molecule has 3 aliphatic carbocycles. The summed E-state index contributed by atoms with van der Waals surface area (Å²) in [7, 11) is 5.15. The minimum atomic E-state index is -1.07. The zero-order chi connectivity index (χ0) is 33.0. The summed E-state index contributed by atoms with van der Waals surface area (Å²) in [4.78, 5) is 34.0. The number of rotatable bonds is 10. The van der Waals surface area contributed by atoms with Crippen molar-refractivity contribution < 1.29 is 34.5 Å². The van der Waals surface area contributed by atoms with Gasteiger partial charge < -0.3 is 30.3 Å². The van der Waals surface area contributed by atoms with Crippen molar-refractivity contribution in [2.45, 2.75) is 71.4 Å². The van der Waals surface area contributed by atoms with Crippen molar-refractivity contribution in [3.05, 3.63) is 46.5 Å². The van der Waals surface area contributed by atoms with Crippen LogP contribution < -0.4 is 15.0 Å². The largest absolute Gasteiger partial charge is 0.496 e. The number of hydrogen-bond acceptors (Lipinski definition) is 8. The zero-order valence-corrected chi connectivity index (χ0v) is 27.8. The van der Waals surface area contributed by atoms with E-state index in [0.29, 0.717) is 50.9 Å². The number of amides is 1. The molecule has 2 aromatic rings. The molecular weight excluding hydrogens is 598 g/mol. The fourth-order valence-electron chi connectivity index (χ4n) is 8.02. The van der Waals surface area contributed by atoms with Gasteiger partial charge in [0.15, 0.2) is 0 Å². The van der Waals surface area contributed by atoms with Gasteiger partial charge in [0.05, 0.1) is 37.0 Å². The maximum Gasteiger partial charge on any atom is 0.335 e. The Labute approximate surface area is 270 Å². The van der Waals surface area contributed by atoms with Crippen LogP contribution in [-0.2, 0) is 16.2 Å². The highest BCUT2D eigenvalue weighted by atomic mass is 35.5. The van der Waals surface area contributed by atoms with Gasteiger partial charge in [-0.2, -0.15) is 5.06 Å². The summed E-state index contributed by atoms with van der Waals surface area (Å²) in [6.07, 6.45) is 0.381. The number of ether oxygens (including phenoxy) is 1. The van der Waals surface area contributed by atoms with Gasteiger partial charge in [0, 0.05) is 42.9 Å². The van der Waals surface area contributed by atoms with Crippen molar-refractivity contribution in [3.63, 3.8) is 0 Å². The van der Waals surface area contributed by atoms with Crippen molar-refractivity contribution in [3.8, 4) is 16.9 Å². The van der Waals surface area contributed by atoms with E-state index in [1.807, 2.05) is 25.1 Å².